The highest BCUT2D eigenvalue weighted by Gasteiger charge is 2.19. The summed E-state index contributed by atoms with van der Waals surface area (Å²) in [4.78, 5) is 0.940. The normalized spacial score (nSPS) is 12.9. The van der Waals surface area contributed by atoms with E-state index in [2.05, 4.69) is 9.59 Å². The summed E-state index contributed by atoms with van der Waals surface area (Å²) in [6, 6.07) is 4.49. The molecule has 0 bridgehead atoms. The van der Waals surface area contributed by atoms with Crippen LogP contribution in [0.2, 0.25) is 5.02 Å². The Morgan fingerprint density at radius 2 is 2.16 bits per heavy atom. The fourth-order valence-electron chi connectivity index (χ4n) is 1.90. The van der Waals surface area contributed by atoms with E-state index in [4.69, 9.17) is 17.3 Å². The van der Waals surface area contributed by atoms with Crippen molar-refractivity contribution < 1.29 is 4.39 Å². The molecule has 2 rings (SSSR count). The SMILES string of the molecule is CC(C)c1nnsc1C(N)Cc1cccc(F)c1Cl. The van der Waals surface area contributed by atoms with Crippen LogP contribution in [0, 0.1) is 5.82 Å². The van der Waals surface area contributed by atoms with Gasteiger partial charge in [0.05, 0.1) is 15.6 Å². The van der Waals surface area contributed by atoms with Crippen molar-refractivity contribution in [3.63, 3.8) is 0 Å². The van der Waals surface area contributed by atoms with Crippen LogP contribution in [0.4, 0.5) is 4.39 Å². The van der Waals surface area contributed by atoms with Crippen molar-refractivity contribution in [2.24, 2.45) is 5.73 Å². The molecule has 0 spiro atoms. The van der Waals surface area contributed by atoms with Gasteiger partial charge in [0.2, 0.25) is 0 Å². The first kappa shape index (κ1) is 14.4. The summed E-state index contributed by atoms with van der Waals surface area (Å²) in [7, 11) is 0. The standard InChI is InChI=1S/C13H15ClFN3S/c1-7(2)12-13(19-18-17-12)10(16)6-8-4-3-5-9(15)11(8)14/h3-5,7,10H,6,16H2,1-2H3. The van der Waals surface area contributed by atoms with Crippen molar-refractivity contribution in [2.75, 3.05) is 0 Å². The highest BCUT2D eigenvalue weighted by molar-refractivity contribution is 7.05. The molecule has 1 aromatic carbocycles. The molecule has 0 saturated heterocycles. The maximum atomic E-state index is 13.4. The van der Waals surface area contributed by atoms with E-state index in [1.165, 1.54) is 17.6 Å². The fourth-order valence-corrected chi connectivity index (χ4v) is 2.91. The van der Waals surface area contributed by atoms with Gasteiger partial charge in [0.15, 0.2) is 0 Å². The average molecular weight is 300 g/mol. The van der Waals surface area contributed by atoms with Crippen molar-refractivity contribution in [1.82, 2.24) is 9.59 Å². The second-order valence-corrected chi connectivity index (χ2v) is 5.86. The molecule has 1 atom stereocenters. The number of nitrogens with two attached hydrogens (primary N) is 1. The van der Waals surface area contributed by atoms with Crippen LogP contribution < -0.4 is 5.73 Å². The highest BCUT2D eigenvalue weighted by Crippen LogP contribution is 2.29. The highest BCUT2D eigenvalue weighted by atomic mass is 35.5. The molecule has 0 saturated carbocycles. The smallest absolute Gasteiger partial charge is 0.142 e. The summed E-state index contributed by atoms with van der Waals surface area (Å²) >= 11 is 7.23. The van der Waals surface area contributed by atoms with Gasteiger partial charge in [-0.1, -0.05) is 42.1 Å². The molecule has 0 fully saturated rings. The van der Waals surface area contributed by atoms with E-state index >= 15 is 0 Å². The lowest BCUT2D eigenvalue weighted by atomic mass is 10.0. The topological polar surface area (TPSA) is 51.8 Å². The van der Waals surface area contributed by atoms with E-state index in [0.717, 1.165) is 10.6 Å². The summed E-state index contributed by atoms with van der Waals surface area (Å²) in [5.74, 6) is -0.152. The molecule has 1 aromatic heterocycles. The second-order valence-electron chi connectivity index (χ2n) is 4.70. The molecule has 102 valence electrons. The van der Waals surface area contributed by atoms with Crippen LogP contribution in [0.25, 0.3) is 0 Å². The Morgan fingerprint density at radius 1 is 1.42 bits per heavy atom. The molecule has 1 unspecified atom stereocenters. The molecular formula is C13H15ClFN3S. The van der Waals surface area contributed by atoms with Gasteiger partial charge in [-0.05, 0) is 35.5 Å². The van der Waals surface area contributed by atoms with Gasteiger partial charge in [-0.15, -0.1) is 5.10 Å². The lowest BCUT2D eigenvalue weighted by molar-refractivity contribution is 0.622. The van der Waals surface area contributed by atoms with Gasteiger partial charge in [0.1, 0.15) is 5.82 Å². The molecule has 3 nitrogen and oxygen atoms in total. The molecule has 0 aliphatic rings. The van der Waals surface area contributed by atoms with E-state index < -0.39 is 5.82 Å². The average Bonchev–Trinajstić information content (AvgIpc) is 2.84. The zero-order valence-corrected chi connectivity index (χ0v) is 12.3. The lowest BCUT2D eigenvalue weighted by Gasteiger charge is -2.13. The van der Waals surface area contributed by atoms with Crippen LogP contribution in [0.5, 0.6) is 0 Å². The Morgan fingerprint density at radius 3 is 2.84 bits per heavy atom. The molecule has 6 heteroatoms. The van der Waals surface area contributed by atoms with Gasteiger partial charge in [-0.3, -0.25) is 0 Å². The molecular weight excluding hydrogens is 285 g/mol. The first-order valence-electron chi connectivity index (χ1n) is 6.01. The molecule has 0 radical (unpaired) electrons. The minimum atomic E-state index is -0.419. The summed E-state index contributed by atoms with van der Waals surface area (Å²) < 4.78 is 17.3. The van der Waals surface area contributed by atoms with Crippen molar-refractivity contribution in [3.8, 4) is 0 Å². The van der Waals surface area contributed by atoms with E-state index in [9.17, 15) is 4.39 Å². The predicted octanol–water partition coefficient (Wildman–Crippen LogP) is 3.70. The lowest BCUT2D eigenvalue weighted by Crippen LogP contribution is -2.14. The van der Waals surface area contributed by atoms with Crippen molar-refractivity contribution in [3.05, 3.63) is 45.2 Å². The van der Waals surface area contributed by atoms with Crippen LogP contribution in [0.1, 0.15) is 41.9 Å². The zero-order chi connectivity index (χ0) is 14.0. The zero-order valence-electron chi connectivity index (χ0n) is 10.7. The van der Waals surface area contributed by atoms with Gasteiger partial charge in [-0.2, -0.15) is 0 Å². The van der Waals surface area contributed by atoms with Gasteiger partial charge < -0.3 is 5.73 Å². The Bertz CT molecular complexity index is 571. The van der Waals surface area contributed by atoms with Crippen molar-refractivity contribution >= 4 is 23.1 Å². The Balaban J connectivity index is 2.23. The first-order valence-corrected chi connectivity index (χ1v) is 7.16. The largest absolute Gasteiger partial charge is 0.323 e. The number of nitrogens with zero attached hydrogens (tertiary/aromatic N) is 2. The van der Waals surface area contributed by atoms with Crippen LogP contribution in [0.15, 0.2) is 18.2 Å². The van der Waals surface area contributed by atoms with Crippen molar-refractivity contribution in [1.29, 1.82) is 0 Å². The maximum Gasteiger partial charge on any atom is 0.142 e. The third-order valence-electron chi connectivity index (χ3n) is 2.90. The third kappa shape index (κ3) is 3.11. The number of hydrogen-bond acceptors (Lipinski definition) is 4. The molecule has 2 N–H and O–H groups in total. The van der Waals surface area contributed by atoms with Gasteiger partial charge in [-0.25, -0.2) is 4.39 Å². The number of hydrogen-bond donors (Lipinski definition) is 1. The predicted molar refractivity (Wildman–Crippen MR) is 76.0 cm³/mol. The monoisotopic (exact) mass is 299 g/mol. The van der Waals surface area contributed by atoms with Crippen LogP contribution in [0.3, 0.4) is 0 Å². The number of rotatable bonds is 4. The fraction of sp³-hybridized carbons (Fsp3) is 0.385. The quantitative estimate of drug-likeness (QED) is 0.936. The van der Waals surface area contributed by atoms with E-state index in [0.29, 0.717) is 12.0 Å². The van der Waals surface area contributed by atoms with Crippen molar-refractivity contribution in [2.45, 2.75) is 32.2 Å². The number of aromatic nitrogens is 2. The van der Waals surface area contributed by atoms with E-state index in [1.807, 2.05) is 13.8 Å². The van der Waals surface area contributed by atoms with E-state index in [-0.39, 0.29) is 17.0 Å². The molecule has 0 amide bonds. The third-order valence-corrected chi connectivity index (χ3v) is 4.19. The summed E-state index contributed by atoms with van der Waals surface area (Å²) in [6.45, 7) is 4.09. The molecule has 0 aliphatic heterocycles. The minimum Gasteiger partial charge on any atom is -0.323 e. The van der Waals surface area contributed by atoms with Crippen LogP contribution in [-0.4, -0.2) is 9.59 Å². The first-order chi connectivity index (χ1) is 9.00. The second kappa shape index (κ2) is 5.94. The van der Waals surface area contributed by atoms with Crippen LogP contribution >= 0.6 is 23.1 Å². The van der Waals surface area contributed by atoms with Gasteiger partial charge in [0.25, 0.3) is 0 Å². The molecule has 0 aliphatic carbocycles. The van der Waals surface area contributed by atoms with E-state index in [1.54, 1.807) is 12.1 Å². The Kier molecular flexibility index (Phi) is 4.50. The number of halogens is 2. The maximum absolute atomic E-state index is 13.4. The Hall–Kier alpha value is -1.04. The molecule has 1 heterocycles. The summed E-state index contributed by atoms with van der Waals surface area (Å²) in [6.07, 6.45) is 0.472. The Labute approximate surface area is 120 Å². The molecule has 19 heavy (non-hydrogen) atoms. The summed E-state index contributed by atoms with van der Waals surface area (Å²) in [5, 5.41) is 4.24. The molecule has 2 aromatic rings. The summed E-state index contributed by atoms with van der Waals surface area (Å²) in [5.41, 5.74) is 7.79. The van der Waals surface area contributed by atoms with Gasteiger partial charge in [0, 0.05) is 6.04 Å². The number of benzene rings is 1. The van der Waals surface area contributed by atoms with Crippen LogP contribution in [-0.2, 0) is 6.42 Å². The minimum absolute atomic E-state index is 0.140. The van der Waals surface area contributed by atoms with Gasteiger partial charge >= 0.3 is 0 Å².